The van der Waals surface area contributed by atoms with Crippen LogP contribution in [0.1, 0.15) is 337 Å². The Morgan fingerprint density at radius 2 is 0.784 bits per heavy atom. The lowest BCUT2D eigenvalue weighted by molar-refractivity contribution is -0.335. The molecule has 0 aromatic rings. The van der Waals surface area contributed by atoms with E-state index in [1.165, 1.54) is 86.5 Å². The summed E-state index contributed by atoms with van der Waals surface area (Å²) < 4.78 is 238. The summed E-state index contributed by atoms with van der Waals surface area (Å²) in [6.07, 6.45) is -12.2. The van der Waals surface area contributed by atoms with E-state index in [4.69, 9.17) is 6.85 Å². The monoisotopic (exact) mass is 1320 g/mol. The van der Waals surface area contributed by atoms with Gasteiger partial charge < -0.3 is 0 Å². The van der Waals surface area contributed by atoms with Crippen molar-refractivity contribution in [2.24, 2.45) is 86.2 Å². The van der Waals surface area contributed by atoms with Gasteiger partial charge in [-0.05, 0) is 103 Å². The van der Waals surface area contributed by atoms with Crippen LogP contribution in [0.3, 0.4) is 0 Å². The maximum atomic E-state index is 12.3. The highest BCUT2D eigenvalue weighted by molar-refractivity contribution is 4.88. The van der Waals surface area contributed by atoms with Gasteiger partial charge in [0, 0.05) is 25.1 Å². The van der Waals surface area contributed by atoms with E-state index in [0.29, 0.717) is 29.1 Å². The van der Waals surface area contributed by atoms with E-state index in [1.807, 2.05) is 34.6 Å². The predicted molar refractivity (Wildman–Crippen MR) is 348 cm³/mol. The van der Waals surface area contributed by atoms with E-state index in [0.717, 1.165) is 57.8 Å². The number of halogens is 17. The van der Waals surface area contributed by atoms with Crippen LogP contribution in [0.25, 0.3) is 0 Å². The van der Waals surface area contributed by atoms with E-state index in [9.17, 15) is 74.6 Å². The molecule has 0 N–H and O–H groups in total. The lowest BCUT2D eigenvalue weighted by atomic mass is 9.86. The fourth-order valence-corrected chi connectivity index (χ4v) is 6.55. The molecule has 0 saturated heterocycles. The predicted octanol–water partition coefficient (Wildman–Crippen LogP) is 30.4. The Morgan fingerprint density at radius 3 is 0.841 bits per heavy atom. The fourth-order valence-electron chi connectivity index (χ4n) is 6.55. The van der Waals surface area contributed by atoms with E-state index < -0.39 is 91.2 Å². The van der Waals surface area contributed by atoms with Gasteiger partial charge in [-0.1, -0.05) is 279 Å². The lowest BCUT2D eigenvalue weighted by Crippen LogP contribution is -2.47. The van der Waals surface area contributed by atoms with Gasteiger partial charge in [0.1, 0.15) is 0 Å². The first kappa shape index (κ1) is 93.2. The zero-order valence-electron chi connectivity index (χ0n) is 67.0. The molecule has 17 heteroatoms. The molecule has 0 aliphatic heterocycles. The van der Waals surface area contributed by atoms with Crippen LogP contribution in [0.2, 0.25) is 0 Å². The van der Waals surface area contributed by atoms with Crippen molar-refractivity contribution in [2.45, 2.75) is 368 Å². The van der Waals surface area contributed by atoms with Crippen molar-refractivity contribution in [3.8, 4) is 0 Å². The first-order valence-electron chi connectivity index (χ1n) is 35.1. The number of alkyl halides is 17. The van der Waals surface area contributed by atoms with Crippen LogP contribution in [-0.4, -0.2) is 43.7 Å². The number of hydrogen-bond donors (Lipinski definition) is 0. The topological polar surface area (TPSA) is 0 Å². The largest absolute Gasteiger partial charge is 0.402 e. The van der Waals surface area contributed by atoms with Crippen molar-refractivity contribution in [1.29, 1.82) is 0 Å². The van der Waals surface area contributed by atoms with Crippen LogP contribution >= 0.6 is 0 Å². The molecule has 2 fully saturated rings. The molecule has 0 aromatic carbocycles. The summed E-state index contributed by atoms with van der Waals surface area (Å²) >= 11 is 0. The summed E-state index contributed by atoms with van der Waals surface area (Å²) in [6.45, 7) is 57.8. The second-order valence-corrected chi connectivity index (χ2v) is 29.1. The van der Waals surface area contributed by atoms with Gasteiger partial charge in [0.15, 0.2) is 5.41 Å². The summed E-state index contributed by atoms with van der Waals surface area (Å²) in [5.41, 5.74) is -4.24. The number of rotatable bonds is 13. The summed E-state index contributed by atoms with van der Waals surface area (Å²) in [6, 6.07) is 0. The summed E-state index contributed by atoms with van der Waals surface area (Å²) in [5.74, 6) is -0.648. The lowest BCUT2D eigenvalue weighted by Gasteiger charge is -2.32. The Hall–Kier alpha value is -1.19. The van der Waals surface area contributed by atoms with Crippen LogP contribution in [-0.2, 0) is 0 Å². The smallest absolute Gasteiger partial charge is 0.251 e. The van der Waals surface area contributed by atoms with Crippen molar-refractivity contribution in [2.75, 3.05) is 6.67 Å². The molecule has 546 valence electrons. The summed E-state index contributed by atoms with van der Waals surface area (Å²) in [4.78, 5) is 0. The molecule has 2 saturated carbocycles. The molecule has 7 atom stereocenters. The van der Waals surface area contributed by atoms with Gasteiger partial charge in [0.05, 0.1) is 18.0 Å². The Morgan fingerprint density at radius 1 is 0.443 bits per heavy atom. The van der Waals surface area contributed by atoms with Crippen molar-refractivity contribution < 1.29 is 81.5 Å². The fraction of sp³-hybridized carbons (Fsp3) is 1.00. The molecule has 0 aromatic heterocycles. The van der Waals surface area contributed by atoms with Gasteiger partial charge in [-0.3, -0.25) is 4.39 Å². The van der Waals surface area contributed by atoms with Gasteiger partial charge in [-0.25, -0.2) is 17.6 Å². The Kier molecular flexibility index (Phi) is 54.2. The van der Waals surface area contributed by atoms with Crippen molar-refractivity contribution in [1.82, 2.24) is 0 Å². The average molecular weight is 1320 g/mol. The molecule has 2 aliphatic carbocycles. The molecule has 0 radical (unpaired) electrons. The molecular formula is C71H143F17. The third-order valence-electron chi connectivity index (χ3n) is 16.5. The van der Waals surface area contributed by atoms with Crippen molar-refractivity contribution in [3.63, 3.8) is 0 Å². The molecule has 88 heavy (non-hydrogen) atoms. The van der Waals surface area contributed by atoms with Crippen LogP contribution in [0, 0.1) is 86.2 Å². The first-order valence-corrected chi connectivity index (χ1v) is 32.6. The maximum Gasteiger partial charge on any atom is 0.402 e. The highest BCUT2D eigenvalue weighted by Gasteiger charge is 2.66. The molecular weight excluding hydrogens is 1180 g/mol. The van der Waals surface area contributed by atoms with Crippen LogP contribution in [0.4, 0.5) is 74.6 Å². The van der Waals surface area contributed by atoms with Crippen LogP contribution in [0.5, 0.6) is 0 Å². The second kappa shape index (κ2) is 51.2. The van der Waals surface area contributed by atoms with Crippen molar-refractivity contribution in [3.05, 3.63) is 0 Å². The minimum absolute atomic E-state index is 0.0509. The third-order valence-corrected chi connectivity index (χ3v) is 16.5. The normalized spacial score (nSPS) is 21.9. The van der Waals surface area contributed by atoms with Gasteiger partial charge >= 0.3 is 24.7 Å². The molecule has 0 spiro atoms. The van der Waals surface area contributed by atoms with Gasteiger partial charge in [0.25, 0.3) is 0 Å². The summed E-state index contributed by atoms with van der Waals surface area (Å²) in [5, 5.41) is 0. The second-order valence-electron chi connectivity index (χ2n) is 29.1. The molecule has 0 amide bonds. The van der Waals surface area contributed by atoms with E-state index >= 15 is 0 Å². The molecule has 0 heterocycles. The molecule has 7 unspecified atom stereocenters. The molecule has 0 bridgehead atoms. The van der Waals surface area contributed by atoms with Gasteiger partial charge in [-0.15, -0.1) is 0 Å². The zero-order valence-corrected chi connectivity index (χ0v) is 62.0. The van der Waals surface area contributed by atoms with Crippen LogP contribution < -0.4 is 0 Å². The van der Waals surface area contributed by atoms with Gasteiger partial charge in [-0.2, -0.15) is 52.7 Å². The Balaban J connectivity index is -0.000000120. The molecule has 0 nitrogen and oxygen atoms in total. The zero-order chi connectivity index (χ0) is 77.6. The highest BCUT2D eigenvalue weighted by atomic mass is 19.4. The van der Waals surface area contributed by atoms with E-state index in [2.05, 4.69) is 104 Å². The quantitative estimate of drug-likeness (QED) is 0.161. The average Bonchev–Trinajstić information content (AvgIpc) is 1.47. The standard InChI is InChI=1S/2C8H16.C7H16.C6H8F6.2C6H11F3.2C6H12F2.C6H13F.2C6H14/c2*1-6-4-5-7(2)8(6)3;1-5-6-7(2,3)4;1-3-4(2,5(7,8)9)6(10,11)12;1-4-5(2,3)6(7,8)9;1-3-4-5(2)6(7,8)9;1-4-6(7,8)5(2)3;1-3-4-5(2)6(7)8;1-3-4-6(2)5-7;2*1-5-6(2,3)4/h2*6-8H,4-5H2,1-3H3;5-6H2,1-4H3;3H2,1-2H3;4H2,1-3H3;5H,3-4H2,1-2H3;5H,4H2,1-3H3;5-6H,3-4H2,1-2H3;6H,3-5H2,1-2H3;2*5H2,1-4H3/i8D;;;;;3D2;;;;5D2;. The summed E-state index contributed by atoms with van der Waals surface area (Å²) in [7, 11) is 0. The SMILES string of the molecule is CC1CCC(C)C1C.CCC(C)(C(F)(F)F)C(F)(F)F.CCC(C)(C)C.CCC(C)(C)C(F)(F)F.CCC(F)(F)C(C)C.CCCC(C)(C)C.CCCC(C)C(F)F.CCCC(C)CF.[2H]C([2H])(C)C(C)(C)C.[2H]C([2H])(C)CC(C)C(F)(F)F.[2H]C1(C)C(C)CCC1C. The minimum atomic E-state index is -5.24. The number of hydrogen-bond acceptors (Lipinski definition) is 0. The van der Waals surface area contributed by atoms with E-state index in [1.54, 1.807) is 13.8 Å². The van der Waals surface area contributed by atoms with Gasteiger partial charge in [0.2, 0.25) is 12.3 Å². The van der Waals surface area contributed by atoms with E-state index in [-0.39, 0.29) is 43.7 Å². The molecule has 2 rings (SSSR count). The Bertz CT molecular complexity index is 1650. The van der Waals surface area contributed by atoms with Crippen LogP contribution in [0.15, 0.2) is 0 Å². The van der Waals surface area contributed by atoms with Crippen molar-refractivity contribution >= 4 is 0 Å². The Labute approximate surface area is 540 Å². The molecule has 2 aliphatic rings. The maximum absolute atomic E-state index is 12.3. The minimum Gasteiger partial charge on any atom is -0.251 e. The third kappa shape index (κ3) is 62.3. The highest BCUT2D eigenvalue weighted by Crippen LogP contribution is 2.52. The first-order chi connectivity index (χ1) is 40.6.